The van der Waals surface area contributed by atoms with Crippen LogP contribution in [0.25, 0.3) is 22.6 Å². The Morgan fingerprint density at radius 2 is 1.77 bits per heavy atom. The van der Waals surface area contributed by atoms with E-state index in [9.17, 15) is 22.0 Å². The number of carboxylic acid groups (broad SMARTS) is 1. The maximum atomic E-state index is 14.1. The molecule has 0 fully saturated rings. The molecule has 1 amide bonds. The first kappa shape index (κ1) is 25.2. The Labute approximate surface area is 196 Å². The highest BCUT2D eigenvalue weighted by Crippen LogP contribution is 2.30. The smallest absolute Gasteiger partial charge is 0.409 e. The Morgan fingerprint density at radius 1 is 1.17 bits per heavy atom. The first-order chi connectivity index (χ1) is 16.3. The van der Waals surface area contributed by atoms with E-state index in [1.807, 2.05) is 5.32 Å². The van der Waals surface area contributed by atoms with Gasteiger partial charge in [-0.15, -0.1) is 0 Å². The number of hydrogen-bond acceptors (Lipinski definition) is 9. The number of benzene rings is 1. The Hall–Kier alpha value is -4.44. The number of amides is 1. The third kappa shape index (κ3) is 6.33. The fourth-order valence-corrected chi connectivity index (χ4v) is 2.93. The second-order valence-electron chi connectivity index (χ2n) is 6.98. The van der Waals surface area contributed by atoms with Gasteiger partial charge < -0.3 is 16.6 Å². The Bertz CT molecular complexity index is 1500. The number of anilines is 3. The van der Waals surface area contributed by atoms with Gasteiger partial charge in [0.05, 0.1) is 24.4 Å². The van der Waals surface area contributed by atoms with Crippen molar-refractivity contribution in [2.24, 2.45) is 0 Å². The molecule has 35 heavy (non-hydrogen) atoms. The largest absolute Gasteiger partial charge is 0.465 e. The van der Waals surface area contributed by atoms with E-state index in [-0.39, 0.29) is 46.4 Å². The van der Waals surface area contributed by atoms with Gasteiger partial charge in [0.15, 0.2) is 23.1 Å². The van der Waals surface area contributed by atoms with Crippen LogP contribution >= 0.6 is 0 Å². The van der Waals surface area contributed by atoms with Crippen LogP contribution in [0.3, 0.4) is 0 Å². The van der Waals surface area contributed by atoms with Crippen molar-refractivity contribution in [1.82, 2.24) is 24.7 Å². The van der Waals surface area contributed by atoms with Crippen LogP contribution in [-0.2, 0) is 16.7 Å². The molecule has 3 aromatic heterocycles. The van der Waals surface area contributed by atoms with Gasteiger partial charge in [-0.2, -0.15) is 13.5 Å². The molecule has 0 atom stereocenters. The van der Waals surface area contributed by atoms with E-state index in [0.29, 0.717) is 11.8 Å². The lowest BCUT2D eigenvalue weighted by atomic mass is 10.2. The third-order valence-corrected chi connectivity index (χ3v) is 4.24. The van der Waals surface area contributed by atoms with Gasteiger partial charge in [-0.1, -0.05) is 18.2 Å². The zero-order valence-corrected chi connectivity index (χ0v) is 18.7. The minimum Gasteiger partial charge on any atom is -0.465 e. The van der Waals surface area contributed by atoms with Crippen molar-refractivity contribution in [3.8, 4) is 11.5 Å². The van der Waals surface area contributed by atoms with Crippen molar-refractivity contribution < 1.29 is 31.7 Å². The summed E-state index contributed by atoms with van der Waals surface area (Å²) in [5.41, 5.74) is 12.1. The fourth-order valence-electron chi connectivity index (χ4n) is 2.93. The monoisotopic (exact) mass is 508 g/mol. The van der Waals surface area contributed by atoms with Crippen molar-refractivity contribution in [2.45, 2.75) is 6.54 Å². The fraction of sp³-hybridized carbons (Fsp3) is 0.105. The normalized spacial score (nSPS) is 11.1. The molecular weight excluding hydrogens is 490 g/mol. The SMILES string of the molecule is CS(=O)(=O)O.Nc1nc(-c2nn(Cc3ccccc3F)c3ncc(F)cc23)nc(N)c1NC(=O)O. The number of pyridine rings is 1. The standard InChI is InChI=1S/C18H14F2N8O2.CH4O3S/c19-9-5-10-12(16-25-14(21)13(15(22)26-16)24-18(29)30)27-28(17(10)23-6-9)7-8-3-1-2-4-11(8)20;1-5(2,3)4/h1-6,24H,7H2,(H,29,30)(H4,21,22,25,26);1H3,(H,2,3,4). The van der Waals surface area contributed by atoms with Gasteiger partial charge in [0.25, 0.3) is 10.1 Å². The molecular formula is C19H18F2N8O5S. The molecule has 0 bridgehead atoms. The zero-order valence-electron chi connectivity index (χ0n) is 17.8. The lowest BCUT2D eigenvalue weighted by Gasteiger charge is -2.08. The number of nitrogens with zero attached hydrogens (tertiary/aromatic N) is 5. The maximum absolute atomic E-state index is 14.1. The number of carbonyl (C=O) groups is 1. The van der Waals surface area contributed by atoms with Crippen LogP contribution in [0.5, 0.6) is 0 Å². The van der Waals surface area contributed by atoms with E-state index >= 15 is 0 Å². The van der Waals surface area contributed by atoms with Crippen molar-refractivity contribution in [2.75, 3.05) is 23.0 Å². The van der Waals surface area contributed by atoms with Crippen molar-refractivity contribution in [3.05, 3.63) is 53.7 Å². The van der Waals surface area contributed by atoms with Crippen LogP contribution < -0.4 is 16.8 Å². The molecule has 4 aromatic rings. The van der Waals surface area contributed by atoms with Crippen LogP contribution in [0.2, 0.25) is 0 Å². The zero-order chi connectivity index (χ0) is 25.9. The quantitative estimate of drug-likeness (QED) is 0.251. The van der Waals surface area contributed by atoms with E-state index in [2.05, 4.69) is 20.1 Å². The summed E-state index contributed by atoms with van der Waals surface area (Å²) >= 11 is 0. The molecule has 0 spiro atoms. The number of hydrogen-bond donors (Lipinski definition) is 5. The molecule has 16 heteroatoms. The Kier molecular flexibility index (Phi) is 7.06. The summed E-state index contributed by atoms with van der Waals surface area (Å²) < 4.78 is 55.2. The molecule has 0 aliphatic heterocycles. The van der Waals surface area contributed by atoms with Gasteiger partial charge in [0.2, 0.25) is 0 Å². The number of rotatable bonds is 4. The minimum atomic E-state index is -3.67. The number of halogens is 2. The molecule has 0 saturated carbocycles. The van der Waals surface area contributed by atoms with E-state index < -0.39 is 27.8 Å². The van der Waals surface area contributed by atoms with Crippen molar-refractivity contribution in [3.63, 3.8) is 0 Å². The van der Waals surface area contributed by atoms with Crippen LogP contribution in [0.1, 0.15) is 5.56 Å². The minimum absolute atomic E-state index is 0.0193. The first-order valence-electron chi connectivity index (χ1n) is 9.44. The average molecular weight is 508 g/mol. The van der Waals surface area contributed by atoms with E-state index in [1.165, 1.54) is 16.8 Å². The summed E-state index contributed by atoms with van der Waals surface area (Å²) in [6.45, 7) is 0.0193. The molecule has 1 aromatic carbocycles. The number of nitrogen functional groups attached to an aromatic ring is 2. The van der Waals surface area contributed by atoms with Crippen LogP contribution in [0.15, 0.2) is 36.5 Å². The van der Waals surface area contributed by atoms with Gasteiger partial charge in [0, 0.05) is 5.56 Å². The number of nitrogens with one attached hydrogen (secondary N) is 1. The molecule has 4 rings (SSSR count). The summed E-state index contributed by atoms with van der Waals surface area (Å²) in [5, 5.41) is 15.5. The lowest BCUT2D eigenvalue weighted by molar-refractivity contribution is 0.209. The van der Waals surface area contributed by atoms with Crippen LogP contribution in [-0.4, -0.2) is 55.2 Å². The Balaban J connectivity index is 0.000000623. The third-order valence-electron chi connectivity index (χ3n) is 4.24. The number of fused-ring (bicyclic) bond motifs is 1. The summed E-state index contributed by atoms with van der Waals surface area (Å²) in [4.78, 5) is 23.0. The van der Waals surface area contributed by atoms with Crippen molar-refractivity contribution in [1.29, 1.82) is 0 Å². The molecule has 0 saturated heterocycles. The van der Waals surface area contributed by atoms with Gasteiger partial charge in [0.1, 0.15) is 23.0 Å². The van der Waals surface area contributed by atoms with Crippen LogP contribution in [0.4, 0.5) is 30.9 Å². The lowest BCUT2D eigenvalue weighted by Crippen LogP contribution is -2.14. The number of nitrogens with two attached hydrogens (primary N) is 2. The maximum Gasteiger partial charge on any atom is 0.409 e. The molecule has 13 nitrogen and oxygen atoms in total. The second-order valence-corrected chi connectivity index (χ2v) is 8.44. The molecule has 3 heterocycles. The molecule has 0 aliphatic carbocycles. The van der Waals surface area contributed by atoms with Crippen LogP contribution in [0, 0.1) is 11.6 Å². The molecule has 0 aliphatic rings. The molecule has 0 radical (unpaired) electrons. The van der Waals surface area contributed by atoms with Gasteiger partial charge in [-0.3, -0.25) is 9.87 Å². The highest BCUT2D eigenvalue weighted by atomic mass is 32.2. The second kappa shape index (κ2) is 9.82. The summed E-state index contributed by atoms with van der Waals surface area (Å²) in [6.07, 6.45) is 0.331. The molecule has 0 unspecified atom stereocenters. The predicted octanol–water partition coefficient (Wildman–Crippen LogP) is 1.97. The summed E-state index contributed by atoms with van der Waals surface area (Å²) in [6, 6.07) is 7.32. The highest BCUT2D eigenvalue weighted by Gasteiger charge is 2.20. The van der Waals surface area contributed by atoms with E-state index in [1.54, 1.807) is 18.2 Å². The van der Waals surface area contributed by atoms with E-state index in [0.717, 1.165) is 6.20 Å². The predicted molar refractivity (Wildman–Crippen MR) is 122 cm³/mol. The average Bonchev–Trinajstić information content (AvgIpc) is 3.08. The van der Waals surface area contributed by atoms with Crippen molar-refractivity contribution >= 4 is 44.6 Å². The summed E-state index contributed by atoms with van der Waals surface area (Å²) in [5.74, 6) is -1.59. The van der Waals surface area contributed by atoms with E-state index in [4.69, 9.17) is 21.1 Å². The molecule has 7 N–H and O–H groups in total. The topological polar surface area (TPSA) is 212 Å². The highest BCUT2D eigenvalue weighted by molar-refractivity contribution is 7.85. The number of aromatic nitrogens is 5. The molecule has 184 valence electrons. The van der Waals surface area contributed by atoms with Gasteiger partial charge in [-0.25, -0.2) is 33.2 Å². The Morgan fingerprint density at radius 3 is 2.34 bits per heavy atom. The van der Waals surface area contributed by atoms with Gasteiger partial charge in [-0.05, 0) is 12.1 Å². The van der Waals surface area contributed by atoms with Gasteiger partial charge >= 0.3 is 6.09 Å². The summed E-state index contributed by atoms with van der Waals surface area (Å²) in [7, 11) is -3.67. The first-order valence-corrected chi connectivity index (χ1v) is 11.3.